The van der Waals surface area contributed by atoms with Crippen molar-refractivity contribution < 1.29 is 9.53 Å². The Bertz CT molecular complexity index is 640. The van der Waals surface area contributed by atoms with Crippen LogP contribution < -0.4 is 15.8 Å². The minimum Gasteiger partial charge on any atom is -0.493 e. The number of carbonyl (C=O) groups is 1. The van der Waals surface area contributed by atoms with E-state index in [4.69, 9.17) is 10.5 Å². The Kier molecular flexibility index (Phi) is 3.88. The summed E-state index contributed by atoms with van der Waals surface area (Å²) in [6, 6.07) is 15.3. The summed E-state index contributed by atoms with van der Waals surface area (Å²) >= 11 is 0. The molecule has 0 bridgehead atoms. The van der Waals surface area contributed by atoms with Crippen LogP contribution in [-0.4, -0.2) is 19.1 Å². The quantitative estimate of drug-likeness (QED) is 0.904. The second kappa shape index (κ2) is 5.97. The summed E-state index contributed by atoms with van der Waals surface area (Å²) in [4.78, 5) is 12.4. The highest BCUT2D eigenvalue weighted by molar-refractivity contribution is 5.96. The van der Waals surface area contributed by atoms with E-state index in [1.54, 1.807) is 0 Å². The molecule has 1 aliphatic rings. The number of hydrogen-bond donors (Lipinski definition) is 2. The predicted molar refractivity (Wildman–Crippen MR) is 82.5 cm³/mol. The molecule has 1 atom stereocenters. The van der Waals surface area contributed by atoms with Crippen molar-refractivity contribution in [3.8, 4) is 5.75 Å². The van der Waals surface area contributed by atoms with Crippen molar-refractivity contribution in [1.82, 2.24) is 0 Å². The Morgan fingerprint density at radius 1 is 1.24 bits per heavy atom. The smallest absolute Gasteiger partial charge is 0.233 e. The van der Waals surface area contributed by atoms with Crippen molar-refractivity contribution in [3.63, 3.8) is 0 Å². The van der Waals surface area contributed by atoms with E-state index in [1.165, 1.54) is 0 Å². The molecule has 0 saturated heterocycles. The standard InChI is InChI=1S/C17H18N2O2/c18-11-15(12-4-2-1-3-5-12)17(20)19-14-6-7-16-13(10-14)8-9-21-16/h1-7,10,15H,8-9,11,18H2,(H,19,20). The van der Waals surface area contributed by atoms with E-state index in [2.05, 4.69) is 5.32 Å². The molecule has 0 aromatic heterocycles. The molecule has 3 rings (SSSR count). The third-order valence-corrected chi connectivity index (χ3v) is 3.71. The van der Waals surface area contributed by atoms with E-state index in [9.17, 15) is 4.79 Å². The molecule has 1 unspecified atom stereocenters. The van der Waals surface area contributed by atoms with E-state index >= 15 is 0 Å². The van der Waals surface area contributed by atoms with Gasteiger partial charge in [0.05, 0.1) is 12.5 Å². The van der Waals surface area contributed by atoms with Crippen LogP contribution in [0.4, 0.5) is 5.69 Å². The highest BCUT2D eigenvalue weighted by atomic mass is 16.5. The molecule has 0 radical (unpaired) electrons. The normalized spacial score (nSPS) is 14.1. The Morgan fingerprint density at radius 2 is 2.05 bits per heavy atom. The second-order valence-corrected chi connectivity index (χ2v) is 5.11. The molecule has 0 aliphatic carbocycles. The van der Waals surface area contributed by atoms with E-state index in [0.29, 0.717) is 6.61 Å². The lowest BCUT2D eigenvalue weighted by Gasteiger charge is -2.15. The van der Waals surface area contributed by atoms with Crippen LogP contribution in [0.2, 0.25) is 0 Å². The monoisotopic (exact) mass is 282 g/mol. The van der Waals surface area contributed by atoms with Crippen LogP contribution in [0.5, 0.6) is 5.75 Å². The van der Waals surface area contributed by atoms with Crippen molar-refractivity contribution in [3.05, 3.63) is 59.7 Å². The fourth-order valence-corrected chi connectivity index (χ4v) is 2.57. The van der Waals surface area contributed by atoms with E-state index in [0.717, 1.165) is 29.0 Å². The average Bonchev–Trinajstić information content (AvgIpc) is 2.96. The second-order valence-electron chi connectivity index (χ2n) is 5.11. The minimum absolute atomic E-state index is 0.0810. The number of hydrogen-bond acceptors (Lipinski definition) is 3. The van der Waals surface area contributed by atoms with E-state index in [-0.39, 0.29) is 18.4 Å². The lowest BCUT2D eigenvalue weighted by atomic mass is 9.98. The number of carbonyl (C=O) groups excluding carboxylic acids is 1. The largest absolute Gasteiger partial charge is 0.493 e. The Balaban J connectivity index is 1.76. The summed E-state index contributed by atoms with van der Waals surface area (Å²) in [6.07, 6.45) is 0.887. The van der Waals surface area contributed by atoms with Crippen molar-refractivity contribution in [2.75, 3.05) is 18.5 Å². The van der Waals surface area contributed by atoms with Crippen LogP contribution in [-0.2, 0) is 11.2 Å². The van der Waals surface area contributed by atoms with Gasteiger partial charge >= 0.3 is 0 Å². The third-order valence-electron chi connectivity index (χ3n) is 3.71. The fraction of sp³-hybridized carbons (Fsp3) is 0.235. The number of nitrogens with one attached hydrogen (secondary N) is 1. The number of amides is 1. The molecular formula is C17H18N2O2. The summed E-state index contributed by atoms with van der Waals surface area (Å²) in [7, 11) is 0. The van der Waals surface area contributed by atoms with Gasteiger partial charge in [-0.15, -0.1) is 0 Å². The minimum atomic E-state index is -0.337. The summed E-state index contributed by atoms with van der Waals surface area (Å²) in [6.45, 7) is 0.992. The van der Waals surface area contributed by atoms with Gasteiger partial charge < -0.3 is 15.8 Å². The van der Waals surface area contributed by atoms with E-state index in [1.807, 2.05) is 48.5 Å². The van der Waals surface area contributed by atoms with Crippen LogP contribution in [0.1, 0.15) is 17.0 Å². The SMILES string of the molecule is NCC(C(=O)Nc1ccc2c(c1)CCO2)c1ccccc1. The highest BCUT2D eigenvalue weighted by Gasteiger charge is 2.20. The molecule has 108 valence electrons. The highest BCUT2D eigenvalue weighted by Crippen LogP contribution is 2.28. The number of benzene rings is 2. The molecule has 1 aliphatic heterocycles. The molecule has 4 nitrogen and oxygen atoms in total. The van der Waals surface area contributed by atoms with Crippen molar-refractivity contribution >= 4 is 11.6 Å². The van der Waals surface area contributed by atoms with Gasteiger partial charge in [0.2, 0.25) is 5.91 Å². The zero-order valence-electron chi connectivity index (χ0n) is 11.7. The molecule has 0 fully saturated rings. The number of ether oxygens (including phenoxy) is 1. The molecule has 0 saturated carbocycles. The van der Waals surface area contributed by atoms with Crippen LogP contribution >= 0.6 is 0 Å². The molecule has 1 amide bonds. The van der Waals surface area contributed by atoms with Gasteiger partial charge in [0, 0.05) is 18.7 Å². The molecule has 4 heteroatoms. The average molecular weight is 282 g/mol. The van der Waals surface area contributed by atoms with Gasteiger partial charge in [0.1, 0.15) is 5.75 Å². The third kappa shape index (κ3) is 2.90. The summed E-state index contributed by atoms with van der Waals surface area (Å²) in [5.41, 5.74) is 8.63. The number of anilines is 1. The Morgan fingerprint density at radius 3 is 2.81 bits per heavy atom. The first-order valence-corrected chi connectivity index (χ1v) is 7.09. The van der Waals surface area contributed by atoms with Gasteiger partial charge in [-0.1, -0.05) is 30.3 Å². The summed E-state index contributed by atoms with van der Waals surface area (Å²) in [5, 5.41) is 2.95. The van der Waals surface area contributed by atoms with Gasteiger partial charge in [-0.3, -0.25) is 4.79 Å². The lowest BCUT2D eigenvalue weighted by molar-refractivity contribution is -0.117. The molecule has 1 heterocycles. The number of fused-ring (bicyclic) bond motifs is 1. The van der Waals surface area contributed by atoms with Gasteiger partial charge in [-0.25, -0.2) is 0 Å². The molecule has 0 spiro atoms. The van der Waals surface area contributed by atoms with Gasteiger partial charge in [-0.05, 0) is 29.3 Å². The van der Waals surface area contributed by atoms with Crippen LogP contribution in [0, 0.1) is 0 Å². The molecule has 3 N–H and O–H groups in total. The summed E-state index contributed by atoms with van der Waals surface area (Å²) in [5.74, 6) is 0.490. The molecule has 2 aromatic carbocycles. The maximum Gasteiger partial charge on any atom is 0.233 e. The van der Waals surface area contributed by atoms with Crippen molar-refractivity contribution in [1.29, 1.82) is 0 Å². The maximum atomic E-state index is 12.4. The Labute approximate surface area is 123 Å². The number of rotatable bonds is 4. The van der Waals surface area contributed by atoms with Gasteiger partial charge in [0.25, 0.3) is 0 Å². The van der Waals surface area contributed by atoms with Gasteiger partial charge in [0.15, 0.2) is 0 Å². The molecular weight excluding hydrogens is 264 g/mol. The molecule has 2 aromatic rings. The predicted octanol–water partition coefficient (Wildman–Crippen LogP) is 2.30. The van der Waals surface area contributed by atoms with Crippen molar-refractivity contribution in [2.24, 2.45) is 5.73 Å². The topological polar surface area (TPSA) is 64.4 Å². The van der Waals surface area contributed by atoms with E-state index < -0.39 is 0 Å². The first-order valence-electron chi connectivity index (χ1n) is 7.09. The fourth-order valence-electron chi connectivity index (χ4n) is 2.57. The zero-order valence-corrected chi connectivity index (χ0v) is 11.7. The van der Waals surface area contributed by atoms with Crippen LogP contribution in [0.15, 0.2) is 48.5 Å². The first-order chi connectivity index (χ1) is 10.3. The van der Waals surface area contributed by atoms with Crippen LogP contribution in [0.3, 0.4) is 0 Å². The maximum absolute atomic E-state index is 12.4. The Hall–Kier alpha value is -2.33. The summed E-state index contributed by atoms with van der Waals surface area (Å²) < 4.78 is 5.46. The van der Waals surface area contributed by atoms with Crippen molar-refractivity contribution in [2.45, 2.75) is 12.3 Å². The lowest BCUT2D eigenvalue weighted by Crippen LogP contribution is -2.27. The number of nitrogens with two attached hydrogens (primary N) is 1. The van der Waals surface area contributed by atoms with Gasteiger partial charge in [-0.2, -0.15) is 0 Å². The zero-order chi connectivity index (χ0) is 14.7. The first kappa shape index (κ1) is 13.6. The van der Waals surface area contributed by atoms with Crippen LogP contribution in [0.25, 0.3) is 0 Å². The molecule has 21 heavy (non-hydrogen) atoms.